The maximum Gasteiger partial charge on any atom is 0.103 e. The fourth-order valence-corrected chi connectivity index (χ4v) is 1.83. The minimum atomic E-state index is 0.556. The number of fused-ring (bicyclic) bond motifs is 3. The molecular weight excluding hydrogens is 188 g/mol. The average molecular weight is 196 g/mol. The Kier molecular flexibility index (Phi) is 1.59. The number of allylic oxidation sites excluding steroid dienone is 4. The van der Waals surface area contributed by atoms with Gasteiger partial charge >= 0.3 is 0 Å². The molecule has 0 bridgehead atoms. The van der Waals surface area contributed by atoms with Gasteiger partial charge in [0.25, 0.3) is 0 Å². The van der Waals surface area contributed by atoms with Gasteiger partial charge in [-0.2, -0.15) is 0 Å². The summed E-state index contributed by atoms with van der Waals surface area (Å²) in [6.07, 6.45) is 5.45. The van der Waals surface area contributed by atoms with Crippen LogP contribution in [0, 0.1) is 0 Å². The molecule has 0 saturated carbocycles. The zero-order valence-corrected chi connectivity index (χ0v) is 7.88. The standard InChI is InChI=1S/C12H8N2O/c15-14-8-5-6-12-10(7-8)9-3-1-2-4-11(9)13-12/h1-7,15H/b14-8+. The molecule has 3 nitrogen and oxygen atoms in total. The van der Waals surface area contributed by atoms with E-state index in [0.717, 1.165) is 22.5 Å². The highest BCUT2D eigenvalue weighted by Gasteiger charge is 2.20. The number of benzene rings is 1. The van der Waals surface area contributed by atoms with E-state index < -0.39 is 0 Å². The third kappa shape index (κ3) is 1.13. The Morgan fingerprint density at radius 1 is 1.13 bits per heavy atom. The lowest BCUT2D eigenvalue weighted by Crippen LogP contribution is -2.03. The van der Waals surface area contributed by atoms with Crippen molar-refractivity contribution >= 4 is 22.7 Å². The van der Waals surface area contributed by atoms with Crippen molar-refractivity contribution in [1.82, 2.24) is 0 Å². The zero-order valence-electron chi connectivity index (χ0n) is 7.88. The minimum absolute atomic E-state index is 0.556. The van der Waals surface area contributed by atoms with E-state index in [-0.39, 0.29) is 0 Å². The molecule has 1 heterocycles. The van der Waals surface area contributed by atoms with Crippen LogP contribution in [0.2, 0.25) is 0 Å². The number of oxime groups is 1. The van der Waals surface area contributed by atoms with Gasteiger partial charge < -0.3 is 5.21 Å². The Morgan fingerprint density at radius 2 is 2.00 bits per heavy atom. The highest BCUT2D eigenvalue weighted by atomic mass is 16.4. The fraction of sp³-hybridized carbons (Fsp3) is 0. The molecule has 0 amide bonds. The van der Waals surface area contributed by atoms with Crippen LogP contribution < -0.4 is 0 Å². The molecule has 1 aromatic rings. The molecule has 72 valence electrons. The van der Waals surface area contributed by atoms with E-state index in [0.29, 0.717) is 5.71 Å². The lowest BCUT2D eigenvalue weighted by molar-refractivity contribution is 0.320. The lowest BCUT2D eigenvalue weighted by atomic mass is 9.97. The van der Waals surface area contributed by atoms with Gasteiger partial charge in [0, 0.05) is 11.1 Å². The molecule has 0 spiro atoms. The minimum Gasteiger partial charge on any atom is -0.410 e. The molecule has 1 aromatic carbocycles. The zero-order chi connectivity index (χ0) is 10.3. The Hall–Kier alpha value is -2.16. The number of hydrogen-bond donors (Lipinski definition) is 1. The summed E-state index contributed by atoms with van der Waals surface area (Å²) in [4.78, 5) is 4.47. The van der Waals surface area contributed by atoms with E-state index in [2.05, 4.69) is 10.1 Å². The summed E-state index contributed by atoms with van der Waals surface area (Å²) < 4.78 is 0. The number of para-hydroxylation sites is 1. The molecule has 0 saturated heterocycles. The summed E-state index contributed by atoms with van der Waals surface area (Å²) in [5.74, 6) is 0. The summed E-state index contributed by atoms with van der Waals surface area (Å²) >= 11 is 0. The van der Waals surface area contributed by atoms with Crippen LogP contribution in [0.3, 0.4) is 0 Å². The van der Waals surface area contributed by atoms with Crippen molar-refractivity contribution in [2.75, 3.05) is 0 Å². The first-order chi connectivity index (χ1) is 7.38. The Bertz CT molecular complexity index is 550. The summed E-state index contributed by atoms with van der Waals surface area (Å²) in [6, 6.07) is 7.94. The Morgan fingerprint density at radius 3 is 2.87 bits per heavy atom. The molecule has 3 heteroatoms. The van der Waals surface area contributed by atoms with Crippen LogP contribution in [0.5, 0.6) is 0 Å². The molecule has 3 rings (SSSR count). The van der Waals surface area contributed by atoms with Crippen LogP contribution in [-0.2, 0) is 0 Å². The monoisotopic (exact) mass is 196 g/mol. The van der Waals surface area contributed by atoms with Gasteiger partial charge in [0.1, 0.15) is 5.71 Å². The second-order valence-corrected chi connectivity index (χ2v) is 3.43. The molecule has 1 aliphatic carbocycles. The SMILES string of the molecule is O/N=C1\C=CC2=Nc3ccccc3C2=C1. The molecule has 2 aliphatic rings. The van der Waals surface area contributed by atoms with Crippen LogP contribution in [0.15, 0.2) is 52.6 Å². The molecule has 0 unspecified atom stereocenters. The first kappa shape index (κ1) is 8.17. The van der Waals surface area contributed by atoms with Crippen molar-refractivity contribution in [2.45, 2.75) is 0 Å². The van der Waals surface area contributed by atoms with Gasteiger partial charge in [0.15, 0.2) is 0 Å². The van der Waals surface area contributed by atoms with Crippen molar-refractivity contribution in [2.24, 2.45) is 10.1 Å². The summed E-state index contributed by atoms with van der Waals surface area (Å²) in [5, 5.41) is 11.9. The fourth-order valence-electron chi connectivity index (χ4n) is 1.83. The second kappa shape index (κ2) is 2.92. The predicted octanol–water partition coefficient (Wildman–Crippen LogP) is 2.56. The van der Waals surface area contributed by atoms with Gasteiger partial charge in [-0.05, 0) is 24.3 Å². The average Bonchev–Trinajstić information content (AvgIpc) is 2.66. The molecule has 0 radical (unpaired) electrons. The van der Waals surface area contributed by atoms with Crippen molar-refractivity contribution in [3.05, 3.63) is 48.1 Å². The Balaban J connectivity index is 2.22. The van der Waals surface area contributed by atoms with Crippen molar-refractivity contribution in [3.63, 3.8) is 0 Å². The number of rotatable bonds is 0. The largest absolute Gasteiger partial charge is 0.410 e. The quantitative estimate of drug-likeness (QED) is 0.387. The Labute approximate surface area is 86.8 Å². The third-order valence-corrected chi connectivity index (χ3v) is 2.53. The first-order valence-corrected chi connectivity index (χ1v) is 4.69. The number of hydrogen-bond acceptors (Lipinski definition) is 3. The molecule has 15 heavy (non-hydrogen) atoms. The van der Waals surface area contributed by atoms with E-state index in [4.69, 9.17) is 5.21 Å². The van der Waals surface area contributed by atoms with E-state index in [1.807, 2.05) is 36.4 Å². The van der Waals surface area contributed by atoms with Crippen LogP contribution in [0.25, 0.3) is 5.57 Å². The van der Waals surface area contributed by atoms with Crippen molar-refractivity contribution < 1.29 is 5.21 Å². The third-order valence-electron chi connectivity index (χ3n) is 2.53. The van der Waals surface area contributed by atoms with Gasteiger partial charge in [-0.1, -0.05) is 23.4 Å². The predicted molar refractivity (Wildman–Crippen MR) is 59.9 cm³/mol. The molecule has 1 aliphatic heterocycles. The van der Waals surface area contributed by atoms with Gasteiger partial charge in [-0.15, -0.1) is 0 Å². The van der Waals surface area contributed by atoms with Gasteiger partial charge in [-0.25, -0.2) is 4.99 Å². The molecule has 1 N–H and O–H groups in total. The van der Waals surface area contributed by atoms with Crippen LogP contribution in [0.4, 0.5) is 5.69 Å². The molecular formula is C12H8N2O. The molecule has 0 fully saturated rings. The summed E-state index contributed by atoms with van der Waals surface area (Å²) in [7, 11) is 0. The summed E-state index contributed by atoms with van der Waals surface area (Å²) in [5.41, 5.74) is 4.59. The van der Waals surface area contributed by atoms with Crippen LogP contribution >= 0.6 is 0 Å². The van der Waals surface area contributed by atoms with Crippen molar-refractivity contribution in [3.8, 4) is 0 Å². The maximum absolute atomic E-state index is 8.71. The highest BCUT2D eigenvalue weighted by Crippen LogP contribution is 2.36. The molecule has 0 aromatic heterocycles. The van der Waals surface area contributed by atoms with Crippen molar-refractivity contribution in [1.29, 1.82) is 0 Å². The number of nitrogens with zero attached hydrogens (tertiary/aromatic N) is 2. The van der Waals surface area contributed by atoms with E-state index in [9.17, 15) is 0 Å². The topological polar surface area (TPSA) is 45.0 Å². The van der Waals surface area contributed by atoms with E-state index in [1.54, 1.807) is 6.08 Å². The van der Waals surface area contributed by atoms with Gasteiger partial charge in [0.05, 0.1) is 11.4 Å². The highest BCUT2D eigenvalue weighted by molar-refractivity contribution is 6.40. The smallest absolute Gasteiger partial charge is 0.103 e. The van der Waals surface area contributed by atoms with E-state index >= 15 is 0 Å². The second-order valence-electron chi connectivity index (χ2n) is 3.43. The number of aliphatic imine (C=N–C) groups is 1. The van der Waals surface area contributed by atoms with Gasteiger partial charge in [0.2, 0.25) is 0 Å². The first-order valence-electron chi connectivity index (χ1n) is 4.69. The summed E-state index contributed by atoms with van der Waals surface area (Å²) in [6.45, 7) is 0. The maximum atomic E-state index is 8.71. The van der Waals surface area contributed by atoms with E-state index in [1.165, 1.54) is 0 Å². The van der Waals surface area contributed by atoms with Crippen LogP contribution in [0.1, 0.15) is 5.56 Å². The van der Waals surface area contributed by atoms with Gasteiger partial charge in [-0.3, -0.25) is 0 Å². The molecule has 0 atom stereocenters. The normalized spacial score (nSPS) is 19.6. The van der Waals surface area contributed by atoms with Crippen LogP contribution in [-0.4, -0.2) is 16.6 Å². The lowest BCUT2D eigenvalue weighted by Gasteiger charge is -2.05.